The van der Waals surface area contributed by atoms with Crippen molar-refractivity contribution in [2.75, 3.05) is 39.8 Å². The van der Waals surface area contributed by atoms with Gasteiger partial charge in [0.25, 0.3) is 0 Å². The number of likely N-dealkylation sites (tertiary alicyclic amines) is 1. The summed E-state index contributed by atoms with van der Waals surface area (Å²) in [7, 11) is -1.77. The first-order valence-corrected chi connectivity index (χ1v) is 10.8. The summed E-state index contributed by atoms with van der Waals surface area (Å²) in [6, 6.07) is 3.54. The largest absolute Gasteiger partial charge is 0.369 e. The minimum absolute atomic E-state index is 0.258. The van der Waals surface area contributed by atoms with Crippen LogP contribution in [0.5, 0.6) is 0 Å². The maximum absolute atomic E-state index is 12.0. The predicted octanol–water partition coefficient (Wildman–Crippen LogP) is -0.859. The Balaban J connectivity index is 1.68. The van der Waals surface area contributed by atoms with Crippen molar-refractivity contribution in [1.29, 1.82) is 0 Å². The van der Waals surface area contributed by atoms with Gasteiger partial charge in [-0.3, -0.25) is 14.7 Å². The van der Waals surface area contributed by atoms with Crippen molar-refractivity contribution in [3.05, 3.63) is 17.5 Å². The van der Waals surface area contributed by atoms with Crippen molar-refractivity contribution in [2.45, 2.75) is 23.1 Å². The molecule has 146 valence electrons. The molecule has 1 amide bonds. The van der Waals surface area contributed by atoms with Gasteiger partial charge in [-0.25, -0.2) is 13.1 Å². The number of hydrogen-bond acceptors (Lipinski definition) is 6. The molecule has 0 unspecified atom stereocenters. The summed E-state index contributed by atoms with van der Waals surface area (Å²) in [5.74, 6) is 0.326. The molecule has 2 rings (SSSR count). The maximum Gasteiger partial charge on any atom is 0.250 e. The Bertz CT molecular complexity index is 697. The molecule has 1 aromatic rings. The Labute approximate surface area is 158 Å². The van der Waals surface area contributed by atoms with Crippen molar-refractivity contribution < 1.29 is 13.2 Å². The molecule has 0 aliphatic carbocycles. The van der Waals surface area contributed by atoms with Crippen molar-refractivity contribution in [2.24, 2.45) is 10.7 Å². The standard InChI is InChI=1S/C15H26N6O3S2/c1-17-15(20-12-4-8-21(9-5-12)11-13(16)22)18-6-7-19-26(23,24)14-3-2-10-25-14/h2-3,10,12,19H,4-9,11H2,1H3,(H2,16,22)(H2,17,18,20). The summed E-state index contributed by atoms with van der Waals surface area (Å²) in [5.41, 5.74) is 5.22. The highest BCUT2D eigenvalue weighted by molar-refractivity contribution is 7.91. The molecular formula is C15H26N6O3S2. The SMILES string of the molecule is CN=C(NCCNS(=O)(=O)c1cccs1)NC1CCN(CC(N)=O)CC1. The van der Waals surface area contributed by atoms with E-state index in [2.05, 4.69) is 20.3 Å². The van der Waals surface area contributed by atoms with Crippen molar-refractivity contribution in [1.82, 2.24) is 20.3 Å². The number of nitrogens with one attached hydrogen (secondary N) is 3. The third-order valence-corrected chi connectivity index (χ3v) is 6.86. The number of aliphatic imine (C=N–C) groups is 1. The lowest BCUT2D eigenvalue weighted by molar-refractivity contribution is -0.119. The van der Waals surface area contributed by atoms with Crippen molar-refractivity contribution in [3.8, 4) is 0 Å². The number of piperidine rings is 1. The van der Waals surface area contributed by atoms with Gasteiger partial charge in [-0.05, 0) is 24.3 Å². The lowest BCUT2D eigenvalue weighted by Crippen LogP contribution is -2.50. The predicted molar refractivity (Wildman–Crippen MR) is 103 cm³/mol. The molecule has 1 aliphatic rings. The molecule has 1 aliphatic heterocycles. The van der Waals surface area contributed by atoms with Crippen LogP contribution in [0.25, 0.3) is 0 Å². The topological polar surface area (TPSA) is 129 Å². The van der Waals surface area contributed by atoms with Gasteiger partial charge in [0.2, 0.25) is 15.9 Å². The van der Waals surface area contributed by atoms with Gasteiger partial charge in [0.1, 0.15) is 4.21 Å². The number of carbonyl (C=O) groups is 1. The molecule has 1 fully saturated rings. The van der Waals surface area contributed by atoms with Crippen LogP contribution in [-0.4, -0.2) is 71.0 Å². The highest BCUT2D eigenvalue weighted by Gasteiger charge is 2.21. The maximum atomic E-state index is 12.0. The summed E-state index contributed by atoms with van der Waals surface area (Å²) < 4.78 is 26.9. The van der Waals surface area contributed by atoms with E-state index in [0.29, 0.717) is 23.3 Å². The third kappa shape index (κ3) is 6.56. The van der Waals surface area contributed by atoms with Gasteiger partial charge in [-0.1, -0.05) is 6.07 Å². The Kier molecular flexibility index (Phi) is 7.82. The van der Waals surface area contributed by atoms with Gasteiger partial charge in [0, 0.05) is 39.3 Å². The summed E-state index contributed by atoms with van der Waals surface area (Å²) in [6.45, 7) is 2.59. The van der Waals surface area contributed by atoms with Crippen LogP contribution in [0.15, 0.2) is 26.7 Å². The molecular weight excluding hydrogens is 376 g/mol. The number of guanidine groups is 1. The van der Waals surface area contributed by atoms with E-state index in [-0.39, 0.29) is 18.5 Å². The number of carbonyl (C=O) groups excluding carboxylic acids is 1. The van der Waals surface area contributed by atoms with Crippen LogP contribution >= 0.6 is 11.3 Å². The third-order valence-electron chi connectivity index (χ3n) is 4.00. The van der Waals surface area contributed by atoms with Gasteiger partial charge in [-0.2, -0.15) is 0 Å². The van der Waals surface area contributed by atoms with E-state index in [1.807, 2.05) is 4.90 Å². The zero-order chi connectivity index (χ0) is 19.0. The first-order chi connectivity index (χ1) is 12.4. The molecule has 0 radical (unpaired) electrons. The second-order valence-corrected chi connectivity index (χ2v) is 8.93. The normalized spacial score (nSPS) is 17.2. The summed E-state index contributed by atoms with van der Waals surface area (Å²) >= 11 is 1.19. The number of hydrogen-bond donors (Lipinski definition) is 4. The van der Waals surface area contributed by atoms with E-state index in [9.17, 15) is 13.2 Å². The number of sulfonamides is 1. The van der Waals surface area contributed by atoms with Crippen molar-refractivity contribution >= 4 is 33.2 Å². The van der Waals surface area contributed by atoms with Crippen molar-refractivity contribution in [3.63, 3.8) is 0 Å². The van der Waals surface area contributed by atoms with Crippen LogP contribution in [0.4, 0.5) is 0 Å². The zero-order valence-corrected chi connectivity index (χ0v) is 16.4. The zero-order valence-electron chi connectivity index (χ0n) is 14.8. The average molecular weight is 403 g/mol. The molecule has 11 heteroatoms. The Morgan fingerprint density at radius 2 is 2.12 bits per heavy atom. The molecule has 2 heterocycles. The molecule has 5 N–H and O–H groups in total. The van der Waals surface area contributed by atoms with E-state index in [1.54, 1.807) is 24.6 Å². The molecule has 0 spiro atoms. The van der Waals surface area contributed by atoms with E-state index in [0.717, 1.165) is 25.9 Å². The number of rotatable bonds is 8. The van der Waals surface area contributed by atoms with Crippen LogP contribution in [-0.2, 0) is 14.8 Å². The smallest absolute Gasteiger partial charge is 0.250 e. The monoisotopic (exact) mass is 402 g/mol. The lowest BCUT2D eigenvalue weighted by atomic mass is 10.1. The number of nitrogens with two attached hydrogens (primary N) is 1. The molecule has 0 atom stereocenters. The van der Waals surface area contributed by atoms with Gasteiger partial charge in [-0.15, -0.1) is 11.3 Å². The first-order valence-electron chi connectivity index (χ1n) is 8.41. The van der Waals surface area contributed by atoms with Gasteiger partial charge >= 0.3 is 0 Å². The van der Waals surface area contributed by atoms with Gasteiger partial charge < -0.3 is 16.4 Å². The van der Waals surface area contributed by atoms with Gasteiger partial charge in [0.05, 0.1) is 6.54 Å². The number of amides is 1. The quantitative estimate of drug-likeness (QED) is 0.254. The summed E-state index contributed by atoms with van der Waals surface area (Å²) in [5, 5.41) is 8.16. The molecule has 1 saturated heterocycles. The molecule has 0 bridgehead atoms. The fourth-order valence-electron chi connectivity index (χ4n) is 2.70. The summed E-state index contributed by atoms with van der Waals surface area (Å²) in [4.78, 5) is 17.2. The van der Waals surface area contributed by atoms with Gasteiger partial charge in [0.15, 0.2) is 5.96 Å². The van der Waals surface area contributed by atoms with E-state index < -0.39 is 10.0 Å². The minimum Gasteiger partial charge on any atom is -0.369 e. The second-order valence-electron chi connectivity index (χ2n) is 5.99. The average Bonchev–Trinajstić information content (AvgIpc) is 3.14. The fourth-order valence-corrected chi connectivity index (χ4v) is 4.77. The Morgan fingerprint density at radius 3 is 2.69 bits per heavy atom. The Morgan fingerprint density at radius 1 is 1.38 bits per heavy atom. The van der Waals surface area contributed by atoms with Crippen LogP contribution in [0.2, 0.25) is 0 Å². The Hall–Kier alpha value is -1.69. The van der Waals surface area contributed by atoms with Crippen LogP contribution in [0.1, 0.15) is 12.8 Å². The lowest BCUT2D eigenvalue weighted by Gasteiger charge is -2.32. The number of primary amides is 1. The van der Waals surface area contributed by atoms with E-state index >= 15 is 0 Å². The number of thiophene rings is 1. The molecule has 0 saturated carbocycles. The minimum atomic E-state index is -3.44. The van der Waals surface area contributed by atoms with Crippen LogP contribution in [0, 0.1) is 0 Å². The first kappa shape index (κ1) is 20.6. The van der Waals surface area contributed by atoms with E-state index in [1.165, 1.54) is 11.3 Å². The second kappa shape index (κ2) is 9.86. The molecule has 26 heavy (non-hydrogen) atoms. The molecule has 0 aromatic carbocycles. The molecule has 9 nitrogen and oxygen atoms in total. The fraction of sp³-hybridized carbons (Fsp3) is 0.600. The summed E-state index contributed by atoms with van der Waals surface area (Å²) in [6.07, 6.45) is 1.78. The van der Waals surface area contributed by atoms with Crippen LogP contribution in [0.3, 0.4) is 0 Å². The number of nitrogens with zero attached hydrogens (tertiary/aromatic N) is 2. The highest BCUT2D eigenvalue weighted by atomic mass is 32.2. The van der Waals surface area contributed by atoms with Crippen LogP contribution < -0.4 is 21.1 Å². The molecule has 1 aromatic heterocycles. The highest BCUT2D eigenvalue weighted by Crippen LogP contribution is 2.14. The van der Waals surface area contributed by atoms with E-state index in [4.69, 9.17) is 5.73 Å².